The normalized spacial score (nSPS) is 21.0. The first-order valence-corrected chi connectivity index (χ1v) is 10.9. The van der Waals surface area contributed by atoms with E-state index in [-0.39, 0.29) is 11.9 Å². The number of aryl methyl sites for hydroxylation is 1. The monoisotopic (exact) mass is 441 g/mol. The van der Waals surface area contributed by atoms with Gasteiger partial charge < -0.3 is 5.32 Å². The number of thioether (sulfide) groups is 1. The van der Waals surface area contributed by atoms with Crippen molar-refractivity contribution in [2.45, 2.75) is 12.3 Å². The van der Waals surface area contributed by atoms with Gasteiger partial charge in [0.1, 0.15) is 17.0 Å². The highest BCUT2D eigenvalue weighted by molar-refractivity contribution is 8.06. The molecular formula is C23H19N7OS. The second-order valence-corrected chi connectivity index (χ2v) is 8.67. The van der Waals surface area contributed by atoms with Gasteiger partial charge in [-0.25, -0.2) is 0 Å². The largest absolute Gasteiger partial charge is 0.328 e. The van der Waals surface area contributed by atoms with Crippen molar-refractivity contribution in [3.05, 3.63) is 75.2 Å². The summed E-state index contributed by atoms with van der Waals surface area (Å²) in [5.74, 6) is -0.684. The number of likely N-dealkylation sites (N-methyl/N-ethyl adjacent to an activating group) is 1. The van der Waals surface area contributed by atoms with Gasteiger partial charge in [0.2, 0.25) is 11.9 Å². The minimum absolute atomic E-state index is 0.0508. The predicted molar refractivity (Wildman–Crippen MR) is 123 cm³/mol. The molecule has 1 aromatic heterocycles. The molecular weight excluding hydrogens is 422 g/mol. The van der Waals surface area contributed by atoms with Crippen molar-refractivity contribution < 1.29 is 4.79 Å². The lowest BCUT2D eigenvalue weighted by atomic mass is 9.90. The van der Waals surface area contributed by atoms with Gasteiger partial charge >= 0.3 is 0 Å². The number of hydrogen-bond donors (Lipinski definition) is 2. The molecule has 3 aromatic rings. The summed E-state index contributed by atoms with van der Waals surface area (Å²) >= 11 is 1.55. The molecule has 5 rings (SSSR count). The Morgan fingerprint density at radius 1 is 1.19 bits per heavy atom. The maximum atomic E-state index is 13.3. The molecule has 1 amide bonds. The van der Waals surface area contributed by atoms with E-state index in [9.17, 15) is 10.1 Å². The molecule has 32 heavy (non-hydrogen) atoms. The standard InChI is InChI=1S/C23H19N7OS/c1-29-22(31)20(15-6-7-17-18(9-15)28-30(2)27-17)21(26-23(29)25)19-10-16(12-32-19)14-5-3-4-13(8-14)11-24/h3-9,12,20H,10H2,1-2H3,(H2,25,26)/b21-19+/t20-/m1/s1. The Morgan fingerprint density at radius 2 is 2.00 bits per heavy atom. The molecule has 2 aromatic carbocycles. The number of carbonyl (C=O) groups is 1. The Morgan fingerprint density at radius 3 is 2.81 bits per heavy atom. The van der Waals surface area contributed by atoms with E-state index < -0.39 is 5.92 Å². The quantitative estimate of drug-likeness (QED) is 0.631. The maximum absolute atomic E-state index is 13.3. The van der Waals surface area contributed by atoms with Crippen LogP contribution in [0.4, 0.5) is 0 Å². The molecule has 0 radical (unpaired) electrons. The lowest BCUT2D eigenvalue weighted by molar-refractivity contribution is -0.128. The van der Waals surface area contributed by atoms with E-state index in [1.54, 1.807) is 31.9 Å². The van der Waals surface area contributed by atoms with Crippen LogP contribution in [0, 0.1) is 16.7 Å². The van der Waals surface area contributed by atoms with Gasteiger partial charge in [-0.1, -0.05) is 30.0 Å². The fourth-order valence-electron chi connectivity index (χ4n) is 3.99. The Hall–Kier alpha value is -3.90. The number of benzene rings is 2. The van der Waals surface area contributed by atoms with Gasteiger partial charge in [0.15, 0.2) is 0 Å². The van der Waals surface area contributed by atoms with Crippen LogP contribution >= 0.6 is 11.8 Å². The molecule has 0 unspecified atom stereocenters. The molecule has 8 nitrogen and oxygen atoms in total. The minimum Gasteiger partial charge on any atom is -0.328 e. The number of guanidine groups is 1. The van der Waals surface area contributed by atoms with E-state index in [0.29, 0.717) is 17.7 Å². The van der Waals surface area contributed by atoms with Gasteiger partial charge in [-0.05, 0) is 46.4 Å². The third kappa shape index (κ3) is 3.35. The first-order valence-electron chi connectivity index (χ1n) is 9.98. The SMILES string of the molecule is CN1C(=N)N/C(=C2\CC(c3cccc(C#N)c3)=CS2)[C@@H](c2ccc3nn(C)nc3c2)C1=O. The van der Waals surface area contributed by atoms with Crippen LogP contribution in [-0.4, -0.2) is 38.8 Å². The van der Waals surface area contributed by atoms with Crippen molar-refractivity contribution in [2.75, 3.05) is 7.05 Å². The van der Waals surface area contributed by atoms with Crippen LogP contribution in [0.1, 0.15) is 29.0 Å². The third-order valence-electron chi connectivity index (χ3n) is 5.65. The lowest BCUT2D eigenvalue weighted by Crippen LogP contribution is -2.51. The van der Waals surface area contributed by atoms with E-state index in [1.165, 1.54) is 9.70 Å². The van der Waals surface area contributed by atoms with Gasteiger partial charge in [0.25, 0.3) is 0 Å². The smallest absolute Gasteiger partial charge is 0.242 e. The number of fused-ring (bicyclic) bond motifs is 1. The number of hydrogen-bond acceptors (Lipinski definition) is 6. The van der Waals surface area contributed by atoms with Crippen LogP contribution in [0.2, 0.25) is 0 Å². The molecule has 1 saturated heterocycles. The van der Waals surface area contributed by atoms with Crippen molar-refractivity contribution in [2.24, 2.45) is 7.05 Å². The number of aromatic nitrogens is 3. The zero-order valence-corrected chi connectivity index (χ0v) is 18.3. The van der Waals surface area contributed by atoms with Crippen LogP contribution in [0.25, 0.3) is 16.6 Å². The number of nitrogens with one attached hydrogen (secondary N) is 2. The number of nitriles is 1. The Balaban J connectivity index is 1.55. The Bertz CT molecular complexity index is 1390. The highest BCUT2D eigenvalue weighted by Crippen LogP contribution is 2.44. The molecule has 0 aliphatic carbocycles. The lowest BCUT2D eigenvalue weighted by Gasteiger charge is -2.34. The zero-order chi connectivity index (χ0) is 22.4. The van der Waals surface area contributed by atoms with Gasteiger partial charge in [0.05, 0.1) is 11.6 Å². The summed E-state index contributed by atoms with van der Waals surface area (Å²) in [6.07, 6.45) is 0.621. The van der Waals surface area contributed by atoms with Crippen LogP contribution in [-0.2, 0) is 11.8 Å². The summed E-state index contributed by atoms with van der Waals surface area (Å²) in [5.41, 5.74) is 5.68. The number of rotatable bonds is 2. The summed E-state index contributed by atoms with van der Waals surface area (Å²) < 4.78 is 0. The minimum atomic E-state index is -0.568. The Labute approximate surface area is 188 Å². The van der Waals surface area contributed by atoms with E-state index in [1.807, 2.05) is 36.4 Å². The van der Waals surface area contributed by atoms with Crippen molar-refractivity contribution in [1.29, 1.82) is 10.7 Å². The van der Waals surface area contributed by atoms with Crippen molar-refractivity contribution in [3.8, 4) is 6.07 Å². The number of nitrogens with zero attached hydrogens (tertiary/aromatic N) is 5. The van der Waals surface area contributed by atoms with Gasteiger partial charge in [-0.15, -0.1) is 0 Å². The molecule has 3 heterocycles. The van der Waals surface area contributed by atoms with Crippen molar-refractivity contribution in [3.63, 3.8) is 0 Å². The van der Waals surface area contributed by atoms with Crippen molar-refractivity contribution >= 4 is 40.2 Å². The van der Waals surface area contributed by atoms with E-state index in [4.69, 9.17) is 5.41 Å². The number of allylic oxidation sites excluding steroid dienone is 2. The van der Waals surface area contributed by atoms with E-state index in [0.717, 1.165) is 32.6 Å². The van der Waals surface area contributed by atoms with Gasteiger partial charge in [0, 0.05) is 31.1 Å². The second kappa shape index (κ2) is 7.66. The van der Waals surface area contributed by atoms with Crippen LogP contribution in [0.3, 0.4) is 0 Å². The molecule has 2 N–H and O–H groups in total. The molecule has 1 atom stereocenters. The topological polar surface area (TPSA) is 111 Å². The van der Waals surface area contributed by atoms with Crippen LogP contribution in [0.15, 0.2) is 58.5 Å². The molecule has 0 bridgehead atoms. The summed E-state index contributed by atoms with van der Waals surface area (Å²) in [7, 11) is 3.37. The van der Waals surface area contributed by atoms with Crippen LogP contribution in [0.5, 0.6) is 0 Å². The molecule has 158 valence electrons. The first kappa shape index (κ1) is 20.0. The van der Waals surface area contributed by atoms with Crippen LogP contribution < -0.4 is 5.32 Å². The average molecular weight is 442 g/mol. The fraction of sp³-hybridized carbons (Fsp3) is 0.174. The molecule has 0 saturated carbocycles. The average Bonchev–Trinajstić information content (AvgIpc) is 3.43. The van der Waals surface area contributed by atoms with Gasteiger partial charge in [-0.3, -0.25) is 15.1 Å². The first-order chi connectivity index (χ1) is 15.4. The third-order valence-corrected chi connectivity index (χ3v) is 6.70. The Kier molecular flexibility index (Phi) is 4.79. The van der Waals surface area contributed by atoms with Gasteiger partial charge in [-0.2, -0.15) is 20.3 Å². The molecule has 2 aliphatic rings. The summed E-state index contributed by atoms with van der Waals surface area (Å²) in [6, 6.07) is 15.3. The summed E-state index contributed by atoms with van der Waals surface area (Å²) in [5, 5.41) is 31.4. The number of amides is 1. The highest BCUT2D eigenvalue weighted by atomic mass is 32.2. The predicted octanol–water partition coefficient (Wildman–Crippen LogP) is 3.31. The number of carbonyl (C=O) groups excluding carboxylic acids is 1. The van der Waals surface area contributed by atoms with E-state index >= 15 is 0 Å². The fourth-order valence-corrected chi connectivity index (χ4v) is 5.02. The summed E-state index contributed by atoms with van der Waals surface area (Å²) in [6.45, 7) is 0. The highest BCUT2D eigenvalue weighted by Gasteiger charge is 2.38. The van der Waals surface area contributed by atoms with E-state index in [2.05, 4.69) is 27.0 Å². The molecule has 1 fully saturated rings. The molecule has 2 aliphatic heterocycles. The second-order valence-electron chi connectivity index (χ2n) is 7.71. The molecule has 0 spiro atoms. The summed E-state index contributed by atoms with van der Waals surface area (Å²) in [4.78, 5) is 17.1. The maximum Gasteiger partial charge on any atom is 0.242 e. The molecule has 9 heteroatoms. The van der Waals surface area contributed by atoms with Crippen molar-refractivity contribution in [1.82, 2.24) is 25.2 Å². The zero-order valence-electron chi connectivity index (χ0n) is 17.5.